The maximum Gasteiger partial charge on any atom is 0.287 e. The first-order valence-electron chi connectivity index (χ1n) is 14.6. The first-order valence-corrected chi connectivity index (χ1v) is 15.0. The summed E-state index contributed by atoms with van der Waals surface area (Å²) in [6.07, 6.45) is 3.54. The molecule has 0 bridgehead atoms. The van der Waals surface area contributed by atoms with Gasteiger partial charge in [0.25, 0.3) is 5.56 Å². The number of hydrogen-bond donors (Lipinski definition) is 2. The van der Waals surface area contributed by atoms with Crippen LogP contribution < -0.4 is 16.2 Å². The van der Waals surface area contributed by atoms with Crippen LogP contribution in [-0.4, -0.2) is 70.7 Å². The zero-order chi connectivity index (χ0) is 29.4. The summed E-state index contributed by atoms with van der Waals surface area (Å²) in [6.45, 7) is 4.73. The fourth-order valence-corrected chi connectivity index (χ4v) is 6.83. The van der Waals surface area contributed by atoms with Crippen LogP contribution in [0.25, 0.3) is 0 Å². The summed E-state index contributed by atoms with van der Waals surface area (Å²) >= 11 is 6.30. The second-order valence-electron chi connectivity index (χ2n) is 12.1. The lowest BCUT2D eigenvalue weighted by atomic mass is 9.85. The van der Waals surface area contributed by atoms with Crippen LogP contribution in [0.1, 0.15) is 59.3 Å². The van der Waals surface area contributed by atoms with E-state index in [1.54, 1.807) is 13.2 Å². The van der Waals surface area contributed by atoms with Crippen LogP contribution in [0.4, 0.5) is 5.69 Å². The molecule has 3 fully saturated rings. The Kier molecular flexibility index (Phi) is 8.16. The van der Waals surface area contributed by atoms with Crippen molar-refractivity contribution in [2.75, 3.05) is 38.5 Å². The number of halogens is 1. The van der Waals surface area contributed by atoms with Crippen molar-refractivity contribution in [3.8, 4) is 0 Å². The number of carbonyl (C=O) groups excluding carboxylic acids is 2. The van der Waals surface area contributed by atoms with E-state index in [2.05, 4.69) is 69.0 Å². The maximum absolute atomic E-state index is 12.3. The molecule has 1 unspecified atom stereocenters. The molecule has 0 radical (unpaired) electrons. The number of imide groups is 1. The van der Waals surface area contributed by atoms with Gasteiger partial charge in [0.05, 0.1) is 17.8 Å². The lowest BCUT2D eigenvalue weighted by molar-refractivity contribution is -0.134. The molecule has 0 spiro atoms. The van der Waals surface area contributed by atoms with Crippen LogP contribution >= 0.6 is 11.6 Å². The topological polar surface area (TPSA) is 99.6 Å². The molecule has 3 aliphatic heterocycles. The first-order chi connectivity index (χ1) is 20.2. The number of benzene rings is 2. The van der Waals surface area contributed by atoms with Crippen LogP contribution in [0.2, 0.25) is 5.02 Å². The van der Waals surface area contributed by atoms with Gasteiger partial charge in [0.1, 0.15) is 5.02 Å². The number of aryl methyl sites for hydroxylation is 1. The van der Waals surface area contributed by atoms with Crippen molar-refractivity contribution < 1.29 is 9.59 Å². The molecule has 0 aliphatic carbocycles. The van der Waals surface area contributed by atoms with E-state index in [-0.39, 0.29) is 34.4 Å². The molecule has 2 aromatic carbocycles. The van der Waals surface area contributed by atoms with Gasteiger partial charge in [-0.15, -0.1) is 0 Å². The van der Waals surface area contributed by atoms with Gasteiger partial charge in [-0.1, -0.05) is 60.1 Å². The molecule has 220 valence electrons. The van der Waals surface area contributed by atoms with Crippen LogP contribution in [0, 0.1) is 0 Å². The summed E-state index contributed by atoms with van der Waals surface area (Å²) < 4.78 is 1.24. The zero-order valence-corrected chi connectivity index (χ0v) is 24.8. The first kappa shape index (κ1) is 28.6. The third kappa shape index (κ3) is 6.14. The normalized spacial score (nSPS) is 23.8. The number of piperidine rings is 2. The molecule has 3 aliphatic rings. The van der Waals surface area contributed by atoms with Gasteiger partial charge in [-0.2, -0.15) is 5.10 Å². The number of likely N-dealkylation sites (tertiary alicyclic amines) is 2. The predicted molar refractivity (Wildman–Crippen MR) is 163 cm³/mol. The number of hydrogen-bond acceptors (Lipinski definition) is 7. The minimum absolute atomic E-state index is 0.159. The number of nitrogens with zero attached hydrogens (tertiary/aromatic N) is 4. The van der Waals surface area contributed by atoms with Crippen molar-refractivity contribution in [1.29, 1.82) is 0 Å². The standard InChI is InChI=1S/C32H37ClN6O3/c1-37-16-24(13-26(19-37)35-28-14-34-38(2)32(42)30(28)33)21-8-6-20(7-9-21)15-39-17-25(18-39)22-4-3-5-23(12-22)27-10-11-29(40)36-31(27)41/h3-9,12,14,24-27,35H,10-11,13,15-19H2,1-2H3,(H,36,40,41)/t24-,26+,27?/m0/s1. The van der Waals surface area contributed by atoms with Gasteiger partial charge >= 0.3 is 0 Å². The monoisotopic (exact) mass is 588 g/mol. The Morgan fingerprint density at radius 3 is 2.48 bits per heavy atom. The molecule has 3 atom stereocenters. The number of amides is 2. The van der Waals surface area contributed by atoms with Crippen LogP contribution in [-0.2, 0) is 23.2 Å². The van der Waals surface area contributed by atoms with Crippen LogP contribution in [0.3, 0.4) is 0 Å². The summed E-state index contributed by atoms with van der Waals surface area (Å²) in [5, 5.41) is 10.2. The molecule has 10 heteroatoms. The molecule has 3 saturated heterocycles. The van der Waals surface area contributed by atoms with Gasteiger partial charge in [0.2, 0.25) is 11.8 Å². The van der Waals surface area contributed by atoms with Crippen molar-refractivity contribution in [3.05, 3.63) is 92.4 Å². The molecule has 2 N–H and O–H groups in total. The summed E-state index contributed by atoms with van der Waals surface area (Å²) in [7, 11) is 3.72. The minimum Gasteiger partial charge on any atom is -0.378 e. The van der Waals surface area contributed by atoms with Crippen LogP contribution in [0.5, 0.6) is 0 Å². The van der Waals surface area contributed by atoms with Crippen molar-refractivity contribution in [1.82, 2.24) is 24.9 Å². The highest BCUT2D eigenvalue weighted by atomic mass is 35.5. The van der Waals surface area contributed by atoms with Gasteiger partial charge in [0, 0.05) is 58.2 Å². The number of anilines is 1. The Morgan fingerprint density at radius 2 is 1.71 bits per heavy atom. The van der Waals surface area contributed by atoms with Crippen LogP contribution in [0.15, 0.2) is 59.5 Å². The molecule has 2 amide bonds. The molecule has 6 rings (SSSR count). The van der Waals surface area contributed by atoms with Gasteiger partial charge in [-0.25, -0.2) is 4.68 Å². The minimum atomic E-state index is -0.299. The number of carbonyl (C=O) groups is 2. The van der Waals surface area contributed by atoms with Crippen molar-refractivity contribution in [2.45, 2.75) is 49.6 Å². The van der Waals surface area contributed by atoms with E-state index in [0.29, 0.717) is 30.4 Å². The van der Waals surface area contributed by atoms with E-state index in [4.69, 9.17) is 11.6 Å². The van der Waals surface area contributed by atoms with E-state index in [0.717, 1.165) is 44.7 Å². The van der Waals surface area contributed by atoms with E-state index in [1.165, 1.54) is 21.4 Å². The Morgan fingerprint density at radius 1 is 0.952 bits per heavy atom. The maximum atomic E-state index is 12.3. The quantitative estimate of drug-likeness (QED) is 0.408. The molecule has 3 aromatic rings. The number of rotatable bonds is 7. The highest BCUT2D eigenvalue weighted by Gasteiger charge is 2.32. The van der Waals surface area contributed by atoms with Gasteiger partial charge in [-0.3, -0.25) is 24.6 Å². The summed E-state index contributed by atoms with van der Waals surface area (Å²) in [4.78, 5) is 40.8. The lowest BCUT2D eigenvalue weighted by Crippen LogP contribution is -2.44. The predicted octanol–water partition coefficient (Wildman–Crippen LogP) is 3.45. The lowest BCUT2D eigenvalue weighted by Gasteiger charge is -2.40. The third-order valence-corrected chi connectivity index (χ3v) is 9.27. The molecular weight excluding hydrogens is 552 g/mol. The molecule has 42 heavy (non-hydrogen) atoms. The average molecular weight is 589 g/mol. The molecular formula is C32H37ClN6O3. The second kappa shape index (κ2) is 12.0. The zero-order valence-electron chi connectivity index (χ0n) is 24.1. The SMILES string of the molecule is CN1C[C@H](Nc2cnn(C)c(=O)c2Cl)C[C@H](c2ccc(CN3CC(c4cccc(C5CCC(=O)NC5=O)c4)C3)cc2)C1. The van der Waals surface area contributed by atoms with E-state index in [1.807, 2.05) is 12.1 Å². The fraction of sp³-hybridized carbons (Fsp3) is 0.438. The molecule has 9 nitrogen and oxygen atoms in total. The van der Waals surface area contributed by atoms with Crippen molar-refractivity contribution >= 4 is 29.1 Å². The largest absolute Gasteiger partial charge is 0.378 e. The Hall–Kier alpha value is -3.53. The number of aromatic nitrogens is 2. The average Bonchev–Trinajstić information content (AvgIpc) is 2.95. The van der Waals surface area contributed by atoms with Crippen molar-refractivity contribution in [3.63, 3.8) is 0 Å². The molecule has 0 saturated carbocycles. The van der Waals surface area contributed by atoms with E-state index >= 15 is 0 Å². The van der Waals surface area contributed by atoms with E-state index < -0.39 is 0 Å². The number of likely N-dealkylation sites (N-methyl/N-ethyl adjacent to an activating group) is 1. The third-order valence-electron chi connectivity index (χ3n) is 8.91. The Bertz CT molecular complexity index is 1530. The molecule has 4 heterocycles. The second-order valence-corrected chi connectivity index (χ2v) is 12.5. The number of nitrogens with one attached hydrogen (secondary N) is 2. The Balaban J connectivity index is 1.03. The molecule has 1 aromatic heterocycles. The van der Waals surface area contributed by atoms with Crippen molar-refractivity contribution in [2.24, 2.45) is 7.05 Å². The van der Waals surface area contributed by atoms with Gasteiger partial charge < -0.3 is 10.2 Å². The smallest absolute Gasteiger partial charge is 0.287 e. The summed E-state index contributed by atoms with van der Waals surface area (Å²) in [6, 6.07) is 17.5. The Labute approximate surface area is 250 Å². The highest BCUT2D eigenvalue weighted by Crippen LogP contribution is 2.33. The van der Waals surface area contributed by atoms with Gasteiger partial charge in [-0.05, 0) is 48.1 Å². The highest BCUT2D eigenvalue weighted by molar-refractivity contribution is 6.32. The van der Waals surface area contributed by atoms with E-state index in [9.17, 15) is 14.4 Å². The fourth-order valence-electron chi connectivity index (χ4n) is 6.60. The summed E-state index contributed by atoms with van der Waals surface area (Å²) in [5.74, 6) is 0.225. The van der Waals surface area contributed by atoms with Gasteiger partial charge in [0.15, 0.2) is 0 Å². The summed E-state index contributed by atoms with van der Waals surface area (Å²) in [5.41, 5.74) is 5.17.